The molecule has 0 radical (unpaired) electrons. The van der Waals surface area contributed by atoms with E-state index in [1.54, 1.807) is 37.7 Å². The van der Waals surface area contributed by atoms with Crippen LogP contribution in [0.4, 0.5) is 10.2 Å². The van der Waals surface area contributed by atoms with Crippen molar-refractivity contribution >= 4 is 24.4 Å². The van der Waals surface area contributed by atoms with Crippen LogP contribution in [0.25, 0.3) is 5.70 Å². The molecule has 0 amide bonds. The zero-order valence-corrected chi connectivity index (χ0v) is 15.2. The van der Waals surface area contributed by atoms with Crippen LogP contribution in [0.1, 0.15) is 35.4 Å². The number of aryl methyl sites for hydroxylation is 1. The minimum absolute atomic E-state index is 0.172. The van der Waals surface area contributed by atoms with Crippen LogP contribution >= 0.6 is 0 Å². The van der Waals surface area contributed by atoms with Gasteiger partial charge in [-0.1, -0.05) is 6.58 Å². The van der Waals surface area contributed by atoms with Crippen molar-refractivity contribution in [3.63, 3.8) is 0 Å². The highest BCUT2D eigenvalue weighted by atomic mass is 19.1. The summed E-state index contributed by atoms with van der Waals surface area (Å²) in [5.41, 5.74) is 3.28. The van der Waals surface area contributed by atoms with E-state index in [9.17, 15) is 4.39 Å². The number of allylic oxidation sites excluding steroid dienone is 1. The van der Waals surface area contributed by atoms with E-state index in [1.165, 1.54) is 0 Å². The molecule has 1 aromatic heterocycles. The third-order valence-corrected chi connectivity index (χ3v) is 5.07. The molecule has 6 heteroatoms. The predicted molar refractivity (Wildman–Crippen MR) is 106 cm³/mol. The fourth-order valence-electron chi connectivity index (χ4n) is 3.66. The highest BCUT2D eigenvalue weighted by Gasteiger charge is 2.57. The summed E-state index contributed by atoms with van der Waals surface area (Å²) in [6, 6.07) is 5.42. The first-order chi connectivity index (χ1) is 13.1. The molecule has 1 aliphatic carbocycles. The van der Waals surface area contributed by atoms with E-state index in [0.717, 1.165) is 35.5 Å². The Bertz CT molecular complexity index is 988. The van der Waals surface area contributed by atoms with Crippen LogP contribution in [0.2, 0.25) is 0 Å². The monoisotopic (exact) mass is 361 g/mol. The summed E-state index contributed by atoms with van der Waals surface area (Å²) < 4.78 is 14.2. The van der Waals surface area contributed by atoms with Gasteiger partial charge in [-0.05, 0) is 61.9 Å². The van der Waals surface area contributed by atoms with E-state index in [1.807, 2.05) is 12.1 Å². The van der Waals surface area contributed by atoms with Gasteiger partial charge in [0.25, 0.3) is 0 Å². The zero-order valence-electron chi connectivity index (χ0n) is 15.2. The average Bonchev–Trinajstić information content (AvgIpc) is 3.41. The molecule has 5 nitrogen and oxygen atoms in total. The van der Waals surface area contributed by atoms with Gasteiger partial charge in [0.2, 0.25) is 0 Å². The fraction of sp³-hybridized carbons (Fsp3) is 0.238. The van der Waals surface area contributed by atoms with Crippen molar-refractivity contribution in [3.8, 4) is 0 Å². The molecule has 2 aliphatic rings. The SMILES string of the molecule is C=N/C=C\C=N/Cc1nccc(N2C(=C)c3cc(C)c(F)cc3C23CC3)n1. The normalized spacial score (nSPS) is 17.3. The second-order valence-corrected chi connectivity index (χ2v) is 6.81. The molecule has 1 spiro atoms. The van der Waals surface area contributed by atoms with E-state index in [-0.39, 0.29) is 11.4 Å². The first-order valence-electron chi connectivity index (χ1n) is 8.80. The number of fused-ring (bicyclic) bond motifs is 2. The first-order valence-corrected chi connectivity index (χ1v) is 8.80. The van der Waals surface area contributed by atoms with Crippen molar-refractivity contribution in [2.45, 2.75) is 31.8 Å². The summed E-state index contributed by atoms with van der Waals surface area (Å²) in [7, 11) is 0. The van der Waals surface area contributed by atoms with Gasteiger partial charge >= 0.3 is 0 Å². The van der Waals surface area contributed by atoms with Crippen LogP contribution in [0, 0.1) is 12.7 Å². The molecule has 1 aliphatic heterocycles. The van der Waals surface area contributed by atoms with E-state index in [0.29, 0.717) is 17.9 Å². The first kappa shape index (κ1) is 17.3. The smallest absolute Gasteiger partial charge is 0.152 e. The van der Waals surface area contributed by atoms with E-state index < -0.39 is 0 Å². The van der Waals surface area contributed by atoms with Gasteiger partial charge in [-0.25, -0.2) is 14.4 Å². The lowest BCUT2D eigenvalue weighted by Gasteiger charge is -2.27. The number of benzene rings is 1. The highest BCUT2D eigenvalue weighted by molar-refractivity contribution is 5.88. The van der Waals surface area contributed by atoms with Gasteiger partial charge in [-0.15, -0.1) is 0 Å². The lowest BCUT2D eigenvalue weighted by molar-refractivity contribution is 0.611. The summed E-state index contributed by atoms with van der Waals surface area (Å²) >= 11 is 0. The number of aromatic nitrogens is 2. The minimum Gasteiger partial charge on any atom is -0.316 e. The quantitative estimate of drug-likeness (QED) is 0.751. The average molecular weight is 361 g/mol. The van der Waals surface area contributed by atoms with Crippen LogP contribution in [-0.4, -0.2) is 22.9 Å². The number of aliphatic imine (C=N–C) groups is 2. The molecule has 0 saturated heterocycles. The Labute approximate surface area is 157 Å². The summed E-state index contributed by atoms with van der Waals surface area (Å²) in [6.45, 7) is 9.78. The lowest BCUT2D eigenvalue weighted by atomic mass is 10.00. The zero-order chi connectivity index (χ0) is 19.0. The van der Waals surface area contributed by atoms with Gasteiger partial charge in [0.05, 0.1) is 12.1 Å². The van der Waals surface area contributed by atoms with Gasteiger partial charge < -0.3 is 4.90 Å². The van der Waals surface area contributed by atoms with Crippen molar-refractivity contribution in [1.82, 2.24) is 9.97 Å². The Morgan fingerprint density at radius 3 is 2.93 bits per heavy atom. The Hall–Kier alpha value is -3.15. The number of nitrogens with zero attached hydrogens (tertiary/aromatic N) is 5. The van der Waals surface area contributed by atoms with Gasteiger partial charge in [0, 0.05) is 29.9 Å². The van der Waals surface area contributed by atoms with Gasteiger partial charge in [0.15, 0.2) is 5.82 Å². The molecule has 2 heterocycles. The number of hydrogen-bond donors (Lipinski definition) is 0. The van der Waals surface area contributed by atoms with Crippen molar-refractivity contribution in [2.75, 3.05) is 4.90 Å². The van der Waals surface area contributed by atoms with Crippen LogP contribution in [0.5, 0.6) is 0 Å². The Kier molecular flexibility index (Phi) is 4.18. The van der Waals surface area contributed by atoms with Gasteiger partial charge in [-0.2, -0.15) is 0 Å². The van der Waals surface area contributed by atoms with Crippen LogP contribution < -0.4 is 4.90 Å². The maximum absolute atomic E-state index is 14.2. The molecule has 1 saturated carbocycles. The van der Waals surface area contributed by atoms with Crippen molar-refractivity contribution < 1.29 is 4.39 Å². The van der Waals surface area contributed by atoms with Crippen LogP contribution in [0.3, 0.4) is 0 Å². The summed E-state index contributed by atoms with van der Waals surface area (Å²) in [6.07, 6.45) is 8.54. The Morgan fingerprint density at radius 1 is 1.37 bits per heavy atom. The maximum atomic E-state index is 14.2. The summed E-state index contributed by atoms with van der Waals surface area (Å²) in [5, 5.41) is 0. The molecular formula is C21H20FN5. The second-order valence-electron chi connectivity index (χ2n) is 6.81. The molecule has 136 valence electrons. The predicted octanol–water partition coefficient (Wildman–Crippen LogP) is 4.19. The Morgan fingerprint density at radius 2 is 2.19 bits per heavy atom. The molecule has 0 unspecified atom stereocenters. The molecule has 0 N–H and O–H groups in total. The molecule has 1 fully saturated rings. The van der Waals surface area contributed by atoms with Crippen molar-refractivity contribution in [2.24, 2.45) is 9.98 Å². The summed E-state index contributed by atoms with van der Waals surface area (Å²) in [5.74, 6) is 1.22. The largest absolute Gasteiger partial charge is 0.316 e. The van der Waals surface area contributed by atoms with E-state index >= 15 is 0 Å². The molecule has 2 aromatic rings. The molecule has 4 rings (SSSR count). The van der Waals surface area contributed by atoms with Crippen LogP contribution in [0.15, 0.2) is 53.2 Å². The number of anilines is 1. The third kappa shape index (κ3) is 2.87. The van der Waals surface area contributed by atoms with Gasteiger partial charge in [0.1, 0.15) is 11.6 Å². The molecule has 27 heavy (non-hydrogen) atoms. The second kappa shape index (κ2) is 6.54. The lowest BCUT2D eigenvalue weighted by Crippen LogP contribution is -2.28. The third-order valence-electron chi connectivity index (χ3n) is 5.07. The number of hydrogen-bond acceptors (Lipinski definition) is 5. The standard InChI is InChI=1S/C21H20FN5/c1-14-11-16-15(2)27(21(6-7-21)17(16)12-18(14)22)20-5-10-25-19(26-20)13-24-9-4-8-23-3/h4-5,8-12H,2-3,6-7,13H2,1H3/b8-4-,24-9-. The molecule has 0 bridgehead atoms. The fourth-order valence-corrected chi connectivity index (χ4v) is 3.66. The molecule has 0 atom stereocenters. The minimum atomic E-state index is -0.228. The van der Waals surface area contributed by atoms with Crippen molar-refractivity contribution in [3.05, 3.63) is 71.6 Å². The topological polar surface area (TPSA) is 53.7 Å². The Balaban J connectivity index is 1.66. The number of rotatable bonds is 5. The number of halogens is 1. The molecular weight excluding hydrogens is 341 g/mol. The maximum Gasteiger partial charge on any atom is 0.152 e. The van der Waals surface area contributed by atoms with E-state index in [2.05, 4.69) is 38.1 Å². The summed E-state index contributed by atoms with van der Waals surface area (Å²) in [4.78, 5) is 19.0. The highest BCUT2D eigenvalue weighted by Crippen LogP contribution is 2.61. The van der Waals surface area contributed by atoms with Crippen LogP contribution in [-0.2, 0) is 12.1 Å². The van der Waals surface area contributed by atoms with Gasteiger partial charge in [-0.3, -0.25) is 9.98 Å². The molecule has 1 aromatic carbocycles. The van der Waals surface area contributed by atoms with E-state index in [4.69, 9.17) is 0 Å². The van der Waals surface area contributed by atoms with Crippen molar-refractivity contribution in [1.29, 1.82) is 0 Å².